The highest BCUT2D eigenvalue weighted by atomic mass is 35.5. The lowest BCUT2D eigenvalue weighted by molar-refractivity contribution is 0.102. The third-order valence-electron chi connectivity index (χ3n) is 4.31. The molecule has 0 fully saturated rings. The summed E-state index contributed by atoms with van der Waals surface area (Å²) in [7, 11) is 1.77. The first-order valence-electron chi connectivity index (χ1n) is 8.60. The molecule has 0 bridgehead atoms. The number of halogens is 1. The van der Waals surface area contributed by atoms with Crippen molar-refractivity contribution in [2.45, 2.75) is 6.42 Å². The maximum Gasteiger partial charge on any atom is 0.261 e. The number of aryl methyl sites for hydroxylation is 1. The van der Waals surface area contributed by atoms with Gasteiger partial charge < -0.3 is 10.4 Å². The molecule has 4 rings (SSSR count). The number of amides is 1. The Morgan fingerprint density at radius 2 is 2.21 bits per heavy atom. The van der Waals surface area contributed by atoms with E-state index in [4.69, 9.17) is 11.6 Å². The summed E-state index contributed by atoms with van der Waals surface area (Å²) in [6.07, 6.45) is 6.98. The number of nitrogens with zero attached hydrogens (tertiary/aromatic N) is 5. The van der Waals surface area contributed by atoms with Gasteiger partial charge in [0.15, 0.2) is 5.65 Å². The molecule has 0 aliphatic heterocycles. The quantitative estimate of drug-likeness (QED) is 0.540. The number of rotatable bonds is 5. The standard InChI is InChI=1S/C19H17ClN6O2/c1-25-11-16(17(24-25)14-9-13(20)4-3-12(14)5-8-27)23-19(28)15-10-22-26-7-2-6-21-18(15)26/h2-4,6-7,9-11,27H,5,8H2,1H3,(H,23,28). The minimum Gasteiger partial charge on any atom is -0.396 e. The minimum absolute atomic E-state index is 0.00275. The van der Waals surface area contributed by atoms with Gasteiger partial charge in [0.1, 0.15) is 11.3 Å². The monoisotopic (exact) mass is 396 g/mol. The highest BCUT2D eigenvalue weighted by molar-refractivity contribution is 6.31. The van der Waals surface area contributed by atoms with Crippen molar-refractivity contribution in [2.24, 2.45) is 7.05 Å². The van der Waals surface area contributed by atoms with Gasteiger partial charge in [0.2, 0.25) is 0 Å². The fraction of sp³-hybridized carbons (Fsp3) is 0.158. The van der Waals surface area contributed by atoms with E-state index in [2.05, 4.69) is 20.5 Å². The van der Waals surface area contributed by atoms with Gasteiger partial charge in [0.05, 0.1) is 11.9 Å². The molecule has 0 unspecified atom stereocenters. The molecule has 0 saturated heterocycles. The fourth-order valence-corrected chi connectivity index (χ4v) is 3.24. The Hall–Kier alpha value is -3.23. The Bertz CT molecular complexity index is 1170. The zero-order valence-corrected chi connectivity index (χ0v) is 15.8. The maximum atomic E-state index is 12.9. The van der Waals surface area contributed by atoms with Gasteiger partial charge in [-0.2, -0.15) is 10.2 Å². The highest BCUT2D eigenvalue weighted by Gasteiger charge is 2.19. The summed E-state index contributed by atoms with van der Waals surface area (Å²) in [5, 5.41) is 21.4. The lowest BCUT2D eigenvalue weighted by Crippen LogP contribution is -2.12. The van der Waals surface area contributed by atoms with Crippen LogP contribution in [0.2, 0.25) is 5.02 Å². The van der Waals surface area contributed by atoms with E-state index in [1.165, 1.54) is 10.7 Å². The van der Waals surface area contributed by atoms with Crippen molar-refractivity contribution in [1.82, 2.24) is 24.4 Å². The summed E-state index contributed by atoms with van der Waals surface area (Å²) >= 11 is 6.17. The van der Waals surface area contributed by atoms with Gasteiger partial charge in [-0.05, 0) is 30.2 Å². The Morgan fingerprint density at radius 3 is 3.04 bits per heavy atom. The van der Waals surface area contributed by atoms with E-state index < -0.39 is 0 Å². The first-order chi connectivity index (χ1) is 13.6. The molecule has 0 spiro atoms. The van der Waals surface area contributed by atoms with Crippen LogP contribution in [-0.2, 0) is 13.5 Å². The van der Waals surface area contributed by atoms with Crippen LogP contribution < -0.4 is 5.32 Å². The molecule has 0 radical (unpaired) electrons. The molecule has 142 valence electrons. The average Bonchev–Trinajstić information content (AvgIpc) is 3.26. The number of aliphatic hydroxyl groups is 1. The van der Waals surface area contributed by atoms with Crippen LogP contribution >= 0.6 is 11.6 Å². The normalized spacial score (nSPS) is 11.1. The molecule has 3 heterocycles. The van der Waals surface area contributed by atoms with Crippen LogP contribution in [0.3, 0.4) is 0 Å². The number of carbonyl (C=O) groups excluding carboxylic acids is 1. The molecule has 2 N–H and O–H groups in total. The second kappa shape index (κ2) is 7.41. The van der Waals surface area contributed by atoms with Crippen molar-refractivity contribution >= 4 is 28.8 Å². The summed E-state index contributed by atoms with van der Waals surface area (Å²) in [4.78, 5) is 17.1. The SMILES string of the molecule is Cn1cc(NC(=O)c2cnn3cccnc23)c(-c2cc(Cl)ccc2CCO)n1. The molecular weight excluding hydrogens is 380 g/mol. The van der Waals surface area contributed by atoms with Gasteiger partial charge in [0, 0.05) is 42.8 Å². The van der Waals surface area contributed by atoms with E-state index in [1.54, 1.807) is 48.5 Å². The van der Waals surface area contributed by atoms with Gasteiger partial charge in [-0.3, -0.25) is 9.48 Å². The summed E-state index contributed by atoms with van der Waals surface area (Å²) in [6.45, 7) is -0.00275. The Morgan fingerprint density at radius 1 is 1.36 bits per heavy atom. The smallest absolute Gasteiger partial charge is 0.261 e. The lowest BCUT2D eigenvalue weighted by Gasteiger charge is -2.10. The van der Waals surface area contributed by atoms with E-state index in [1.807, 2.05) is 6.07 Å². The molecule has 0 aliphatic rings. The van der Waals surface area contributed by atoms with Crippen molar-refractivity contribution in [3.8, 4) is 11.3 Å². The zero-order valence-electron chi connectivity index (χ0n) is 15.0. The highest BCUT2D eigenvalue weighted by Crippen LogP contribution is 2.32. The third-order valence-corrected chi connectivity index (χ3v) is 4.54. The van der Waals surface area contributed by atoms with E-state index >= 15 is 0 Å². The van der Waals surface area contributed by atoms with Crippen LogP contribution in [0, 0.1) is 0 Å². The van der Waals surface area contributed by atoms with Crippen molar-refractivity contribution in [3.05, 3.63) is 65.2 Å². The van der Waals surface area contributed by atoms with Gasteiger partial charge in [-0.15, -0.1) is 0 Å². The van der Waals surface area contributed by atoms with Gasteiger partial charge in [-0.25, -0.2) is 9.50 Å². The van der Waals surface area contributed by atoms with Crippen LogP contribution in [0.5, 0.6) is 0 Å². The summed E-state index contributed by atoms with van der Waals surface area (Å²) in [5.41, 5.74) is 3.58. The number of hydrogen-bond acceptors (Lipinski definition) is 5. The third kappa shape index (κ3) is 3.35. The number of hydrogen-bond donors (Lipinski definition) is 2. The van der Waals surface area contributed by atoms with Crippen molar-refractivity contribution in [3.63, 3.8) is 0 Å². The van der Waals surface area contributed by atoms with Gasteiger partial charge in [-0.1, -0.05) is 17.7 Å². The molecular formula is C19H17ClN6O2. The topological polar surface area (TPSA) is 97.3 Å². The molecule has 1 aromatic carbocycles. The van der Waals surface area contributed by atoms with E-state index in [0.717, 1.165) is 11.1 Å². The van der Waals surface area contributed by atoms with Crippen LogP contribution in [0.1, 0.15) is 15.9 Å². The van der Waals surface area contributed by atoms with Gasteiger partial charge in [0.25, 0.3) is 5.91 Å². The number of carbonyl (C=O) groups is 1. The number of fused-ring (bicyclic) bond motifs is 1. The molecule has 0 atom stereocenters. The average molecular weight is 397 g/mol. The second-order valence-corrected chi connectivity index (χ2v) is 6.68. The molecule has 9 heteroatoms. The lowest BCUT2D eigenvalue weighted by atomic mass is 10.0. The first kappa shape index (κ1) is 18.1. The Kier molecular flexibility index (Phi) is 4.81. The molecule has 4 aromatic rings. The van der Waals surface area contributed by atoms with E-state index in [0.29, 0.717) is 34.0 Å². The predicted molar refractivity (Wildman–Crippen MR) is 105 cm³/mol. The van der Waals surface area contributed by atoms with E-state index in [-0.39, 0.29) is 12.5 Å². The number of nitrogens with one attached hydrogen (secondary N) is 1. The maximum absolute atomic E-state index is 12.9. The van der Waals surface area contributed by atoms with Gasteiger partial charge >= 0.3 is 0 Å². The number of aromatic nitrogens is 5. The molecule has 8 nitrogen and oxygen atoms in total. The summed E-state index contributed by atoms with van der Waals surface area (Å²) in [6, 6.07) is 7.13. The summed E-state index contributed by atoms with van der Waals surface area (Å²) in [5.74, 6) is -0.339. The molecule has 0 aliphatic carbocycles. The minimum atomic E-state index is -0.339. The van der Waals surface area contributed by atoms with Crippen molar-refractivity contribution < 1.29 is 9.90 Å². The molecule has 0 saturated carbocycles. The number of anilines is 1. The Labute approximate surface area is 165 Å². The van der Waals surface area contributed by atoms with Crippen LogP contribution in [0.25, 0.3) is 16.9 Å². The fourth-order valence-electron chi connectivity index (χ4n) is 3.06. The molecule has 28 heavy (non-hydrogen) atoms. The van der Waals surface area contributed by atoms with Crippen LogP contribution in [-0.4, -0.2) is 42.0 Å². The molecule has 1 amide bonds. The summed E-state index contributed by atoms with van der Waals surface area (Å²) < 4.78 is 3.15. The van der Waals surface area contributed by atoms with Crippen molar-refractivity contribution in [2.75, 3.05) is 11.9 Å². The second-order valence-electron chi connectivity index (χ2n) is 6.24. The first-order valence-corrected chi connectivity index (χ1v) is 8.97. The van der Waals surface area contributed by atoms with Crippen molar-refractivity contribution in [1.29, 1.82) is 0 Å². The zero-order chi connectivity index (χ0) is 19.7. The predicted octanol–water partition coefficient (Wildman–Crippen LogP) is 2.57. The van der Waals surface area contributed by atoms with Crippen LogP contribution in [0.15, 0.2) is 49.1 Å². The largest absolute Gasteiger partial charge is 0.396 e. The van der Waals surface area contributed by atoms with E-state index in [9.17, 15) is 9.90 Å². The number of aliphatic hydroxyl groups excluding tert-OH is 1. The molecule has 3 aromatic heterocycles. The Balaban J connectivity index is 1.73. The number of benzene rings is 1. The van der Waals surface area contributed by atoms with Crippen LogP contribution in [0.4, 0.5) is 5.69 Å².